The van der Waals surface area contributed by atoms with Gasteiger partial charge in [-0.1, -0.05) is 12.1 Å². The number of likely N-dealkylation sites (tertiary alicyclic amines) is 1. The number of benzene rings is 1. The van der Waals surface area contributed by atoms with E-state index in [-0.39, 0.29) is 28.8 Å². The highest BCUT2D eigenvalue weighted by molar-refractivity contribution is 5.79. The number of halogens is 1. The van der Waals surface area contributed by atoms with Crippen LogP contribution >= 0.6 is 0 Å². The number of hydrogen-bond donors (Lipinski definition) is 2. The summed E-state index contributed by atoms with van der Waals surface area (Å²) in [7, 11) is 0. The van der Waals surface area contributed by atoms with E-state index in [0.717, 1.165) is 45.2 Å². The van der Waals surface area contributed by atoms with Crippen LogP contribution in [0.2, 0.25) is 0 Å². The second-order valence-corrected chi connectivity index (χ2v) is 10.1. The summed E-state index contributed by atoms with van der Waals surface area (Å²) in [6.45, 7) is 2.03. The Morgan fingerprint density at radius 3 is 2.39 bits per heavy atom. The first-order valence-electron chi connectivity index (χ1n) is 10.9. The molecule has 2 N–H and O–H groups in total. The van der Waals surface area contributed by atoms with Gasteiger partial charge in [0.2, 0.25) is 5.91 Å². The minimum Gasteiger partial charge on any atom is -0.393 e. The molecule has 4 atom stereocenters. The monoisotopic (exact) mass is 386 g/mol. The first kappa shape index (κ1) is 18.6. The number of aliphatic hydroxyl groups is 1. The topological polar surface area (TPSA) is 52.6 Å². The molecule has 1 amide bonds. The molecule has 1 aromatic carbocycles. The number of hydrogen-bond acceptors (Lipinski definition) is 3. The Morgan fingerprint density at radius 2 is 1.75 bits per heavy atom. The van der Waals surface area contributed by atoms with Crippen molar-refractivity contribution in [3.05, 3.63) is 35.6 Å². The third kappa shape index (κ3) is 3.37. The number of amides is 1. The maximum absolute atomic E-state index is 13.5. The molecule has 152 valence electrons. The van der Waals surface area contributed by atoms with Gasteiger partial charge in [0.15, 0.2) is 0 Å². The largest absolute Gasteiger partial charge is 0.393 e. The lowest BCUT2D eigenvalue weighted by molar-refractivity contribution is -0.129. The highest BCUT2D eigenvalue weighted by Gasteiger charge is 2.58. The summed E-state index contributed by atoms with van der Waals surface area (Å²) >= 11 is 0. The second-order valence-electron chi connectivity index (χ2n) is 10.1. The normalized spacial score (nSPS) is 37.9. The van der Waals surface area contributed by atoms with Crippen molar-refractivity contribution in [2.45, 2.75) is 68.4 Å². The molecule has 4 aliphatic carbocycles. The molecule has 0 radical (unpaired) electrons. The number of aliphatic hydroxyl groups excluding tert-OH is 1. The predicted molar refractivity (Wildman–Crippen MR) is 105 cm³/mol. The van der Waals surface area contributed by atoms with E-state index < -0.39 is 0 Å². The van der Waals surface area contributed by atoms with Crippen molar-refractivity contribution in [3.63, 3.8) is 0 Å². The third-order valence-corrected chi connectivity index (χ3v) is 7.85. The Labute approximate surface area is 166 Å². The van der Waals surface area contributed by atoms with Crippen LogP contribution in [0, 0.1) is 17.7 Å². The van der Waals surface area contributed by atoms with Gasteiger partial charge in [0.25, 0.3) is 0 Å². The van der Waals surface area contributed by atoms with Crippen molar-refractivity contribution in [2.24, 2.45) is 11.8 Å². The van der Waals surface area contributed by atoms with Gasteiger partial charge in [-0.25, -0.2) is 4.39 Å². The van der Waals surface area contributed by atoms with E-state index in [2.05, 4.69) is 10.2 Å². The van der Waals surface area contributed by atoms with Gasteiger partial charge in [0, 0.05) is 18.6 Å². The summed E-state index contributed by atoms with van der Waals surface area (Å²) in [5.41, 5.74) is 1.26. The summed E-state index contributed by atoms with van der Waals surface area (Å²) in [4.78, 5) is 15.1. The van der Waals surface area contributed by atoms with Crippen LogP contribution in [-0.2, 0) is 10.2 Å². The van der Waals surface area contributed by atoms with Gasteiger partial charge in [0.1, 0.15) is 5.82 Å². The predicted octanol–water partition coefficient (Wildman–Crippen LogP) is 2.99. The average molecular weight is 387 g/mol. The van der Waals surface area contributed by atoms with Gasteiger partial charge in [-0.15, -0.1) is 0 Å². The summed E-state index contributed by atoms with van der Waals surface area (Å²) in [5, 5.41) is 13.1. The molecule has 1 aliphatic heterocycles. The molecule has 0 unspecified atom stereocenters. The molecule has 6 rings (SSSR count). The van der Waals surface area contributed by atoms with Crippen LogP contribution in [-0.4, -0.2) is 47.2 Å². The Balaban J connectivity index is 1.32. The van der Waals surface area contributed by atoms with Gasteiger partial charge in [-0.2, -0.15) is 0 Å². The van der Waals surface area contributed by atoms with E-state index in [1.54, 1.807) is 12.1 Å². The molecule has 0 spiro atoms. The van der Waals surface area contributed by atoms with Crippen molar-refractivity contribution in [1.29, 1.82) is 0 Å². The minimum atomic E-state index is -0.210. The highest BCUT2D eigenvalue weighted by Crippen LogP contribution is 2.62. The standard InChI is InChI=1S/C23H31FN2O2/c24-19-3-1-18(2-4-19)22-10-16-9-17(11-22)13-23(12-16,15-22)25-21(28)14-26-7-5-20(27)6-8-26/h1-4,16-17,20,27H,5-15H2,(H,25,28)/t16-,17+,22-,23-. The van der Waals surface area contributed by atoms with E-state index >= 15 is 0 Å². The van der Waals surface area contributed by atoms with E-state index in [4.69, 9.17) is 0 Å². The molecule has 1 saturated heterocycles. The van der Waals surface area contributed by atoms with Crippen molar-refractivity contribution in [1.82, 2.24) is 10.2 Å². The van der Waals surface area contributed by atoms with Crippen molar-refractivity contribution < 1.29 is 14.3 Å². The van der Waals surface area contributed by atoms with Gasteiger partial charge >= 0.3 is 0 Å². The molecule has 1 heterocycles. The number of piperidine rings is 1. The molecule has 1 aromatic rings. The lowest BCUT2D eigenvalue weighted by Crippen LogP contribution is -2.65. The Hall–Kier alpha value is -1.46. The van der Waals surface area contributed by atoms with E-state index in [0.29, 0.717) is 18.4 Å². The summed E-state index contributed by atoms with van der Waals surface area (Å²) in [5.74, 6) is 1.28. The second kappa shape index (κ2) is 6.81. The Kier molecular flexibility index (Phi) is 4.51. The van der Waals surface area contributed by atoms with E-state index in [9.17, 15) is 14.3 Å². The van der Waals surface area contributed by atoms with Gasteiger partial charge in [0.05, 0.1) is 12.6 Å². The van der Waals surface area contributed by atoms with Crippen LogP contribution in [0.3, 0.4) is 0 Å². The van der Waals surface area contributed by atoms with Gasteiger partial charge in [-0.3, -0.25) is 9.69 Å². The van der Waals surface area contributed by atoms with E-state index in [1.807, 2.05) is 12.1 Å². The first-order valence-corrected chi connectivity index (χ1v) is 10.9. The summed E-state index contributed by atoms with van der Waals surface area (Å²) in [6.07, 6.45) is 8.12. The number of carbonyl (C=O) groups is 1. The van der Waals surface area contributed by atoms with Crippen molar-refractivity contribution in [2.75, 3.05) is 19.6 Å². The van der Waals surface area contributed by atoms with Gasteiger partial charge in [-0.05, 0) is 86.3 Å². The highest BCUT2D eigenvalue weighted by atomic mass is 19.1. The lowest BCUT2D eigenvalue weighted by atomic mass is 9.45. The smallest absolute Gasteiger partial charge is 0.234 e. The van der Waals surface area contributed by atoms with Crippen LogP contribution in [0.1, 0.15) is 56.9 Å². The van der Waals surface area contributed by atoms with Gasteiger partial charge < -0.3 is 10.4 Å². The van der Waals surface area contributed by atoms with Crippen molar-refractivity contribution in [3.8, 4) is 0 Å². The average Bonchev–Trinajstić information content (AvgIpc) is 2.62. The fourth-order valence-electron chi connectivity index (χ4n) is 7.17. The lowest BCUT2D eigenvalue weighted by Gasteiger charge is -2.62. The fraction of sp³-hybridized carbons (Fsp3) is 0.696. The molecular weight excluding hydrogens is 355 g/mol. The fourth-order valence-corrected chi connectivity index (χ4v) is 7.17. The van der Waals surface area contributed by atoms with Crippen molar-refractivity contribution >= 4 is 5.91 Å². The quantitative estimate of drug-likeness (QED) is 0.837. The zero-order valence-electron chi connectivity index (χ0n) is 16.5. The maximum atomic E-state index is 13.5. The summed E-state index contributed by atoms with van der Waals surface area (Å²) < 4.78 is 13.5. The summed E-state index contributed by atoms with van der Waals surface area (Å²) in [6, 6.07) is 7.11. The number of nitrogens with zero attached hydrogens (tertiary/aromatic N) is 1. The molecule has 0 aromatic heterocycles. The third-order valence-electron chi connectivity index (χ3n) is 7.85. The SMILES string of the molecule is O=C(CN1CCC(O)CC1)N[C@@]12C[C@H]3C[C@@H](C1)C[C@@](c1ccc(F)cc1)(C3)C2. The minimum absolute atomic E-state index is 0.0924. The molecule has 5 aliphatic rings. The molecule has 28 heavy (non-hydrogen) atoms. The van der Waals surface area contributed by atoms with Crippen LogP contribution in [0.4, 0.5) is 4.39 Å². The molecule has 4 bridgehead atoms. The Bertz CT molecular complexity index is 727. The maximum Gasteiger partial charge on any atom is 0.234 e. The van der Waals surface area contributed by atoms with Crippen LogP contribution in [0.15, 0.2) is 24.3 Å². The van der Waals surface area contributed by atoms with E-state index in [1.165, 1.54) is 24.8 Å². The van der Waals surface area contributed by atoms with Crippen LogP contribution in [0.25, 0.3) is 0 Å². The number of nitrogens with one attached hydrogen (secondary N) is 1. The van der Waals surface area contributed by atoms with Crippen LogP contribution < -0.4 is 5.32 Å². The molecule has 5 fully saturated rings. The Morgan fingerprint density at radius 1 is 1.11 bits per heavy atom. The first-order chi connectivity index (χ1) is 13.4. The molecule has 5 heteroatoms. The zero-order valence-corrected chi connectivity index (χ0v) is 16.5. The number of rotatable bonds is 4. The molecular formula is C23H31FN2O2. The van der Waals surface area contributed by atoms with Crippen LogP contribution in [0.5, 0.6) is 0 Å². The molecule has 4 nitrogen and oxygen atoms in total. The number of carbonyl (C=O) groups excluding carboxylic acids is 1. The molecule has 4 saturated carbocycles. The zero-order chi connectivity index (χ0) is 19.4.